The van der Waals surface area contributed by atoms with Crippen LogP contribution in [0, 0.1) is 11.6 Å². The van der Waals surface area contributed by atoms with Crippen molar-refractivity contribution in [1.82, 2.24) is 4.90 Å². The largest absolute Gasteiger partial charge is 0.391 e. The zero-order valence-corrected chi connectivity index (χ0v) is 10.3. The lowest BCUT2D eigenvalue weighted by atomic mass is 10.1. The van der Waals surface area contributed by atoms with Gasteiger partial charge in [-0.2, -0.15) is 0 Å². The van der Waals surface area contributed by atoms with Gasteiger partial charge in [-0.3, -0.25) is 4.79 Å². The minimum atomic E-state index is -1.11. The third kappa shape index (κ3) is 2.62. The van der Waals surface area contributed by atoms with Crippen LogP contribution in [0.15, 0.2) is 12.1 Å². The summed E-state index contributed by atoms with van der Waals surface area (Å²) in [7, 11) is 0. The minimum absolute atomic E-state index is 0.0790. The predicted octanol–water partition coefficient (Wildman–Crippen LogP) is 2.22. The Balaban J connectivity index is 2.25. The van der Waals surface area contributed by atoms with E-state index >= 15 is 0 Å². The highest BCUT2D eigenvalue weighted by atomic mass is 35.5. The molecule has 1 heterocycles. The van der Waals surface area contributed by atoms with Gasteiger partial charge >= 0.3 is 0 Å². The van der Waals surface area contributed by atoms with E-state index in [9.17, 15) is 18.7 Å². The van der Waals surface area contributed by atoms with Gasteiger partial charge in [-0.05, 0) is 25.0 Å². The van der Waals surface area contributed by atoms with Crippen molar-refractivity contribution in [2.75, 3.05) is 13.1 Å². The van der Waals surface area contributed by atoms with Crippen LogP contribution in [-0.4, -0.2) is 35.1 Å². The van der Waals surface area contributed by atoms with E-state index in [1.165, 1.54) is 4.90 Å². The first-order chi connectivity index (χ1) is 8.49. The number of piperidine rings is 1. The van der Waals surface area contributed by atoms with Crippen LogP contribution >= 0.6 is 11.6 Å². The molecule has 1 fully saturated rings. The van der Waals surface area contributed by atoms with Gasteiger partial charge in [0.1, 0.15) is 0 Å². The Morgan fingerprint density at radius 3 is 2.72 bits per heavy atom. The van der Waals surface area contributed by atoms with Crippen LogP contribution in [-0.2, 0) is 0 Å². The number of amides is 1. The Labute approximate surface area is 108 Å². The fraction of sp³-hybridized carbons (Fsp3) is 0.417. The van der Waals surface area contributed by atoms with Crippen molar-refractivity contribution in [2.24, 2.45) is 0 Å². The fourth-order valence-corrected chi connectivity index (χ4v) is 2.23. The molecule has 0 saturated carbocycles. The van der Waals surface area contributed by atoms with Crippen LogP contribution in [0.3, 0.4) is 0 Å². The van der Waals surface area contributed by atoms with E-state index < -0.39 is 23.6 Å². The van der Waals surface area contributed by atoms with Crippen molar-refractivity contribution in [1.29, 1.82) is 0 Å². The highest BCUT2D eigenvalue weighted by Gasteiger charge is 2.25. The number of halogens is 3. The molecule has 0 aliphatic carbocycles. The molecule has 6 heteroatoms. The monoisotopic (exact) mass is 275 g/mol. The Morgan fingerprint density at radius 2 is 2.06 bits per heavy atom. The summed E-state index contributed by atoms with van der Waals surface area (Å²) in [5.41, 5.74) is -0.0790. The van der Waals surface area contributed by atoms with Gasteiger partial charge in [0, 0.05) is 13.1 Å². The van der Waals surface area contributed by atoms with Crippen LogP contribution in [0.2, 0.25) is 5.02 Å². The molecule has 1 aliphatic rings. The third-order valence-electron chi connectivity index (χ3n) is 2.92. The standard InChI is InChI=1S/C12H12ClF2NO2/c13-9-5-11(15)10(14)4-8(9)12(18)16-3-1-2-7(17)6-16/h4-5,7,17H,1-3,6H2/t7-/m0/s1. The molecule has 1 atom stereocenters. The highest BCUT2D eigenvalue weighted by molar-refractivity contribution is 6.33. The van der Waals surface area contributed by atoms with Crippen molar-refractivity contribution in [3.8, 4) is 0 Å². The Kier molecular flexibility index (Phi) is 3.82. The second-order valence-corrected chi connectivity index (χ2v) is 4.70. The molecule has 1 amide bonds. The van der Waals surface area contributed by atoms with Gasteiger partial charge in [-0.25, -0.2) is 8.78 Å². The molecule has 1 aliphatic heterocycles. The first-order valence-electron chi connectivity index (χ1n) is 5.61. The van der Waals surface area contributed by atoms with E-state index in [2.05, 4.69) is 0 Å². The molecule has 0 unspecified atom stereocenters. The maximum atomic E-state index is 13.1. The van der Waals surface area contributed by atoms with Crippen LogP contribution in [0.1, 0.15) is 23.2 Å². The second-order valence-electron chi connectivity index (χ2n) is 4.29. The summed E-state index contributed by atoms with van der Waals surface area (Å²) in [5, 5.41) is 9.36. The van der Waals surface area contributed by atoms with Crippen LogP contribution in [0.5, 0.6) is 0 Å². The smallest absolute Gasteiger partial charge is 0.255 e. The molecule has 1 aromatic carbocycles. The summed E-state index contributed by atoms with van der Waals surface area (Å²) in [6.07, 6.45) is 0.732. The van der Waals surface area contributed by atoms with E-state index in [0.29, 0.717) is 19.4 Å². The summed E-state index contributed by atoms with van der Waals surface area (Å²) in [6.45, 7) is 0.666. The van der Waals surface area contributed by atoms with E-state index in [1.807, 2.05) is 0 Å². The number of likely N-dealkylation sites (tertiary alicyclic amines) is 1. The lowest BCUT2D eigenvalue weighted by Gasteiger charge is -2.30. The van der Waals surface area contributed by atoms with Crippen LogP contribution in [0.25, 0.3) is 0 Å². The number of aliphatic hydroxyl groups is 1. The van der Waals surface area contributed by atoms with Gasteiger partial charge in [0.05, 0.1) is 16.7 Å². The number of β-amino-alcohol motifs (C(OH)–C–C–N with tert-alkyl or cyclic N) is 1. The molecular weight excluding hydrogens is 264 g/mol. The van der Waals surface area contributed by atoms with E-state index in [0.717, 1.165) is 12.1 Å². The molecule has 0 spiro atoms. The van der Waals surface area contributed by atoms with Crippen molar-refractivity contribution >= 4 is 17.5 Å². The van der Waals surface area contributed by atoms with E-state index in [1.54, 1.807) is 0 Å². The molecule has 18 heavy (non-hydrogen) atoms. The van der Waals surface area contributed by atoms with Crippen molar-refractivity contribution < 1.29 is 18.7 Å². The molecular formula is C12H12ClF2NO2. The maximum Gasteiger partial charge on any atom is 0.255 e. The van der Waals surface area contributed by atoms with Gasteiger partial charge in [0.25, 0.3) is 5.91 Å². The molecule has 0 bridgehead atoms. The average molecular weight is 276 g/mol. The summed E-state index contributed by atoms with van der Waals surface area (Å²) in [5.74, 6) is -2.69. The molecule has 0 aromatic heterocycles. The molecule has 1 saturated heterocycles. The van der Waals surface area contributed by atoms with Gasteiger partial charge in [-0.15, -0.1) is 0 Å². The number of nitrogens with zero attached hydrogens (tertiary/aromatic N) is 1. The number of hydrogen-bond acceptors (Lipinski definition) is 2. The third-order valence-corrected chi connectivity index (χ3v) is 3.24. The van der Waals surface area contributed by atoms with Crippen molar-refractivity contribution in [3.05, 3.63) is 34.4 Å². The zero-order chi connectivity index (χ0) is 13.3. The maximum absolute atomic E-state index is 13.1. The quantitative estimate of drug-likeness (QED) is 0.799. The number of rotatable bonds is 1. The molecule has 1 N–H and O–H groups in total. The normalized spacial score (nSPS) is 20.0. The van der Waals surface area contributed by atoms with Gasteiger partial charge in [0.2, 0.25) is 0 Å². The number of aliphatic hydroxyl groups excluding tert-OH is 1. The Hall–Kier alpha value is -1.20. The lowest BCUT2D eigenvalue weighted by Crippen LogP contribution is -2.42. The molecule has 2 rings (SSSR count). The topological polar surface area (TPSA) is 40.5 Å². The summed E-state index contributed by atoms with van der Waals surface area (Å²) in [4.78, 5) is 13.5. The molecule has 0 radical (unpaired) electrons. The van der Waals surface area contributed by atoms with E-state index in [4.69, 9.17) is 11.6 Å². The minimum Gasteiger partial charge on any atom is -0.391 e. The van der Waals surface area contributed by atoms with Crippen LogP contribution in [0.4, 0.5) is 8.78 Å². The summed E-state index contributed by atoms with van der Waals surface area (Å²) < 4.78 is 26.0. The lowest BCUT2D eigenvalue weighted by molar-refractivity contribution is 0.0473. The molecule has 98 valence electrons. The summed E-state index contributed by atoms with van der Waals surface area (Å²) in [6, 6.07) is 1.57. The SMILES string of the molecule is O=C(c1cc(F)c(F)cc1Cl)N1CCC[C@H](O)C1. The first-order valence-corrected chi connectivity index (χ1v) is 5.98. The molecule has 1 aromatic rings. The van der Waals surface area contributed by atoms with E-state index in [-0.39, 0.29) is 17.1 Å². The van der Waals surface area contributed by atoms with Gasteiger partial charge in [0.15, 0.2) is 11.6 Å². The van der Waals surface area contributed by atoms with Crippen molar-refractivity contribution in [2.45, 2.75) is 18.9 Å². The number of carbonyl (C=O) groups is 1. The fourth-order valence-electron chi connectivity index (χ4n) is 2.00. The average Bonchev–Trinajstić information content (AvgIpc) is 2.33. The number of hydrogen-bond donors (Lipinski definition) is 1. The van der Waals surface area contributed by atoms with Gasteiger partial charge in [-0.1, -0.05) is 11.6 Å². The highest BCUT2D eigenvalue weighted by Crippen LogP contribution is 2.23. The van der Waals surface area contributed by atoms with Gasteiger partial charge < -0.3 is 10.0 Å². The number of benzene rings is 1. The Bertz CT molecular complexity index is 481. The number of carbonyl (C=O) groups excluding carboxylic acids is 1. The summed E-state index contributed by atoms with van der Waals surface area (Å²) >= 11 is 5.74. The predicted molar refractivity (Wildman–Crippen MR) is 62.5 cm³/mol. The first kappa shape index (κ1) is 13.2. The Morgan fingerprint density at radius 1 is 1.39 bits per heavy atom. The van der Waals surface area contributed by atoms with Crippen molar-refractivity contribution in [3.63, 3.8) is 0 Å². The zero-order valence-electron chi connectivity index (χ0n) is 9.50. The van der Waals surface area contributed by atoms with Crippen LogP contribution < -0.4 is 0 Å². The molecule has 3 nitrogen and oxygen atoms in total. The second kappa shape index (κ2) is 5.20.